The summed E-state index contributed by atoms with van der Waals surface area (Å²) in [5.41, 5.74) is 1.62. The highest BCUT2D eigenvalue weighted by molar-refractivity contribution is 7.90. The highest BCUT2D eigenvalue weighted by Gasteiger charge is 2.14. The van der Waals surface area contributed by atoms with Crippen LogP contribution < -0.4 is 5.56 Å². The van der Waals surface area contributed by atoms with E-state index in [2.05, 4.69) is 15.1 Å². The minimum absolute atomic E-state index is 0.229. The molecule has 0 aliphatic rings. The average molecular weight is 330 g/mol. The van der Waals surface area contributed by atoms with Crippen LogP contribution in [0.1, 0.15) is 5.56 Å². The number of hydrogen-bond acceptors (Lipinski definition) is 5. The molecule has 0 aliphatic carbocycles. The van der Waals surface area contributed by atoms with Crippen molar-refractivity contribution in [2.45, 2.75) is 11.8 Å². The normalized spacial score (nSPS) is 11.6. The lowest BCUT2D eigenvalue weighted by molar-refractivity contribution is 0.602. The van der Waals surface area contributed by atoms with Crippen molar-refractivity contribution in [2.24, 2.45) is 0 Å². The summed E-state index contributed by atoms with van der Waals surface area (Å²) in [6.07, 6.45) is 5.65. The summed E-state index contributed by atoms with van der Waals surface area (Å²) in [5, 5.41) is 2.99. The van der Waals surface area contributed by atoms with E-state index in [4.69, 9.17) is 0 Å². The van der Waals surface area contributed by atoms with Gasteiger partial charge in [0, 0.05) is 24.2 Å². The fraction of sp³-hybridized carbons (Fsp3) is 0.133. The summed E-state index contributed by atoms with van der Waals surface area (Å²) < 4.78 is 24.3. The Morgan fingerprint density at radius 3 is 2.39 bits per heavy atom. The third kappa shape index (κ3) is 2.80. The number of aromatic nitrogens is 4. The van der Waals surface area contributed by atoms with E-state index in [1.54, 1.807) is 19.1 Å². The van der Waals surface area contributed by atoms with Gasteiger partial charge in [0.25, 0.3) is 5.56 Å². The molecule has 0 bridgehead atoms. The Morgan fingerprint density at radius 2 is 1.83 bits per heavy atom. The first-order chi connectivity index (χ1) is 10.9. The first kappa shape index (κ1) is 15.2. The Hall–Kier alpha value is -2.74. The molecule has 0 amide bonds. The van der Waals surface area contributed by atoms with Crippen LogP contribution in [0.4, 0.5) is 0 Å². The second-order valence-electron chi connectivity index (χ2n) is 5.11. The molecule has 0 saturated carbocycles. The van der Waals surface area contributed by atoms with Gasteiger partial charge < -0.3 is 0 Å². The number of rotatable bonds is 3. The first-order valence-corrected chi connectivity index (χ1v) is 8.65. The zero-order valence-corrected chi connectivity index (χ0v) is 13.3. The standard InChI is InChI=1S/C15H14N4O3S/c1-10-14(11-3-5-12(6-4-11)23(2,21)22)18-19(15(10)20)13-9-16-7-8-17-13/h3-9,18H,1-2H3. The highest BCUT2D eigenvalue weighted by Crippen LogP contribution is 2.21. The second kappa shape index (κ2) is 5.47. The number of sulfone groups is 1. The molecule has 118 valence electrons. The molecule has 0 atom stereocenters. The van der Waals surface area contributed by atoms with E-state index in [1.165, 1.54) is 35.4 Å². The fourth-order valence-electron chi connectivity index (χ4n) is 2.24. The predicted molar refractivity (Wildman–Crippen MR) is 85.3 cm³/mol. The van der Waals surface area contributed by atoms with Crippen LogP contribution in [-0.2, 0) is 9.84 Å². The van der Waals surface area contributed by atoms with Crippen molar-refractivity contribution in [1.82, 2.24) is 19.7 Å². The van der Waals surface area contributed by atoms with E-state index in [-0.39, 0.29) is 10.5 Å². The van der Waals surface area contributed by atoms with E-state index in [0.29, 0.717) is 17.1 Å². The van der Waals surface area contributed by atoms with Crippen molar-refractivity contribution in [3.05, 3.63) is 58.8 Å². The topological polar surface area (TPSA) is 97.7 Å². The Balaban J connectivity index is 2.10. The average Bonchev–Trinajstić information content (AvgIpc) is 2.84. The third-order valence-electron chi connectivity index (χ3n) is 3.47. The Morgan fingerprint density at radius 1 is 1.13 bits per heavy atom. The van der Waals surface area contributed by atoms with Crippen LogP contribution in [0.25, 0.3) is 17.1 Å². The SMILES string of the molecule is Cc1c(-c2ccc(S(C)(=O)=O)cc2)[nH]n(-c2cnccn2)c1=O. The molecule has 3 aromatic rings. The summed E-state index contributed by atoms with van der Waals surface area (Å²) in [4.78, 5) is 20.6. The molecular formula is C15H14N4O3S. The maximum Gasteiger partial charge on any atom is 0.276 e. The molecule has 1 N–H and O–H groups in total. The summed E-state index contributed by atoms with van der Waals surface area (Å²) in [6.45, 7) is 1.70. The molecule has 0 aliphatic heterocycles. The zero-order chi connectivity index (χ0) is 16.6. The van der Waals surface area contributed by atoms with Gasteiger partial charge in [0.2, 0.25) is 0 Å². The smallest absolute Gasteiger partial charge is 0.276 e. The van der Waals surface area contributed by atoms with Crippen LogP contribution in [0.15, 0.2) is 52.5 Å². The minimum atomic E-state index is -3.25. The quantitative estimate of drug-likeness (QED) is 0.781. The number of nitrogens with one attached hydrogen (secondary N) is 1. The monoisotopic (exact) mass is 330 g/mol. The molecule has 0 unspecified atom stereocenters. The van der Waals surface area contributed by atoms with Gasteiger partial charge in [-0.25, -0.2) is 13.4 Å². The van der Waals surface area contributed by atoms with Crippen molar-refractivity contribution >= 4 is 9.84 Å². The molecule has 2 heterocycles. The Bertz CT molecular complexity index is 1000. The molecule has 7 nitrogen and oxygen atoms in total. The number of benzene rings is 1. The van der Waals surface area contributed by atoms with E-state index >= 15 is 0 Å². The van der Waals surface area contributed by atoms with Gasteiger partial charge in [-0.3, -0.25) is 14.9 Å². The first-order valence-electron chi connectivity index (χ1n) is 6.76. The van der Waals surface area contributed by atoms with Gasteiger partial charge >= 0.3 is 0 Å². The molecule has 0 fully saturated rings. The van der Waals surface area contributed by atoms with Gasteiger partial charge in [-0.1, -0.05) is 12.1 Å². The van der Waals surface area contributed by atoms with Crippen LogP contribution in [-0.4, -0.2) is 34.4 Å². The number of H-pyrrole nitrogens is 1. The van der Waals surface area contributed by atoms with Gasteiger partial charge in [-0.15, -0.1) is 0 Å². The van der Waals surface area contributed by atoms with Crippen molar-refractivity contribution in [3.63, 3.8) is 0 Å². The van der Waals surface area contributed by atoms with Gasteiger partial charge in [-0.05, 0) is 24.6 Å². The molecule has 0 spiro atoms. The van der Waals surface area contributed by atoms with Gasteiger partial charge in [0.15, 0.2) is 15.7 Å². The molecular weight excluding hydrogens is 316 g/mol. The van der Waals surface area contributed by atoms with Gasteiger partial charge in [-0.2, -0.15) is 4.68 Å². The van der Waals surface area contributed by atoms with E-state index < -0.39 is 9.84 Å². The number of nitrogens with zero attached hydrogens (tertiary/aromatic N) is 3. The van der Waals surface area contributed by atoms with Crippen molar-refractivity contribution in [2.75, 3.05) is 6.26 Å². The lowest BCUT2D eigenvalue weighted by atomic mass is 10.1. The van der Waals surface area contributed by atoms with Crippen LogP contribution >= 0.6 is 0 Å². The van der Waals surface area contributed by atoms with Crippen molar-refractivity contribution < 1.29 is 8.42 Å². The number of hydrogen-bond donors (Lipinski definition) is 1. The molecule has 23 heavy (non-hydrogen) atoms. The molecule has 3 rings (SSSR count). The Labute approximate surface area is 132 Å². The van der Waals surface area contributed by atoms with Crippen LogP contribution in [0.5, 0.6) is 0 Å². The van der Waals surface area contributed by atoms with E-state index in [1.807, 2.05) is 0 Å². The maximum atomic E-state index is 12.4. The van der Waals surface area contributed by atoms with E-state index in [0.717, 1.165) is 11.8 Å². The summed E-state index contributed by atoms with van der Waals surface area (Å²) in [7, 11) is -3.25. The summed E-state index contributed by atoms with van der Waals surface area (Å²) in [5.74, 6) is 0.389. The predicted octanol–water partition coefficient (Wildman–Crippen LogP) is 1.33. The third-order valence-corrected chi connectivity index (χ3v) is 4.60. The molecule has 8 heteroatoms. The zero-order valence-electron chi connectivity index (χ0n) is 12.5. The van der Waals surface area contributed by atoms with Crippen LogP contribution in [0.2, 0.25) is 0 Å². The minimum Gasteiger partial charge on any atom is -0.289 e. The second-order valence-corrected chi connectivity index (χ2v) is 7.13. The summed E-state index contributed by atoms with van der Waals surface area (Å²) in [6, 6.07) is 6.36. The maximum absolute atomic E-state index is 12.4. The van der Waals surface area contributed by atoms with Gasteiger partial charge in [0.05, 0.1) is 16.8 Å². The lowest BCUT2D eigenvalue weighted by Gasteiger charge is -2.03. The number of aromatic amines is 1. The van der Waals surface area contributed by atoms with Crippen LogP contribution in [0, 0.1) is 6.92 Å². The summed E-state index contributed by atoms with van der Waals surface area (Å²) >= 11 is 0. The van der Waals surface area contributed by atoms with Crippen LogP contribution in [0.3, 0.4) is 0 Å². The van der Waals surface area contributed by atoms with Crippen molar-refractivity contribution in [3.8, 4) is 17.1 Å². The van der Waals surface area contributed by atoms with Crippen molar-refractivity contribution in [1.29, 1.82) is 0 Å². The largest absolute Gasteiger partial charge is 0.289 e. The molecule has 0 radical (unpaired) electrons. The molecule has 0 saturated heterocycles. The Kier molecular flexibility index (Phi) is 3.61. The highest BCUT2D eigenvalue weighted by atomic mass is 32.2. The van der Waals surface area contributed by atoms with E-state index in [9.17, 15) is 13.2 Å². The molecule has 2 aromatic heterocycles. The van der Waals surface area contributed by atoms with Gasteiger partial charge in [0.1, 0.15) is 0 Å². The fourth-order valence-corrected chi connectivity index (χ4v) is 2.87. The molecule has 1 aromatic carbocycles. The lowest BCUT2D eigenvalue weighted by Crippen LogP contribution is -2.17.